The van der Waals surface area contributed by atoms with E-state index in [0.29, 0.717) is 5.82 Å². The van der Waals surface area contributed by atoms with Gasteiger partial charge in [-0.2, -0.15) is 0 Å². The van der Waals surface area contributed by atoms with E-state index in [1.807, 2.05) is 48.5 Å². The van der Waals surface area contributed by atoms with Gasteiger partial charge in [0, 0.05) is 37.8 Å². The van der Waals surface area contributed by atoms with E-state index >= 15 is 0 Å². The lowest BCUT2D eigenvalue weighted by molar-refractivity contribution is 0.413. The summed E-state index contributed by atoms with van der Waals surface area (Å²) in [6.45, 7) is 3.55. The third-order valence-corrected chi connectivity index (χ3v) is 5.48. The van der Waals surface area contributed by atoms with Crippen LogP contribution in [0.2, 0.25) is 0 Å². The Kier molecular flexibility index (Phi) is 4.89. The number of benzene rings is 2. The topological polar surface area (TPSA) is 54.4 Å². The molecule has 0 amide bonds. The van der Waals surface area contributed by atoms with Crippen LogP contribution in [0.1, 0.15) is 0 Å². The summed E-state index contributed by atoms with van der Waals surface area (Å²) in [5, 5.41) is 1.07. The minimum atomic E-state index is 0.663. The molecule has 1 saturated heterocycles. The van der Waals surface area contributed by atoms with Crippen LogP contribution in [0.25, 0.3) is 22.4 Å². The molecule has 0 spiro atoms. The number of rotatable bonds is 4. The summed E-state index contributed by atoms with van der Waals surface area (Å²) in [6, 6.07) is 22.2. The number of anilines is 2. The zero-order valence-corrected chi connectivity index (χ0v) is 16.9. The van der Waals surface area contributed by atoms with Crippen molar-refractivity contribution in [3.8, 4) is 17.3 Å². The van der Waals surface area contributed by atoms with Gasteiger partial charge in [0.2, 0.25) is 0 Å². The maximum atomic E-state index is 5.55. The van der Waals surface area contributed by atoms with Gasteiger partial charge in [0.25, 0.3) is 0 Å². The summed E-state index contributed by atoms with van der Waals surface area (Å²) in [7, 11) is 1.72. The molecule has 0 bridgehead atoms. The van der Waals surface area contributed by atoms with Crippen LogP contribution in [-0.4, -0.2) is 48.2 Å². The van der Waals surface area contributed by atoms with Crippen LogP contribution < -0.4 is 14.5 Å². The standard InChI is InChI=1S/C24H23N5O/c1-30-22-12-5-4-11-21(22)28-14-16-29(17-15-28)24-18-8-2-3-9-19(18)26-23(27-24)20-10-6-7-13-25-20/h2-13H,14-17H2,1H3. The minimum Gasteiger partial charge on any atom is -0.495 e. The molecular formula is C24H23N5O. The highest BCUT2D eigenvalue weighted by Gasteiger charge is 2.23. The first-order chi connectivity index (χ1) is 14.8. The molecule has 1 fully saturated rings. The van der Waals surface area contributed by atoms with Crippen LogP contribution >= 0.6 is 0 Å². The third-order valence-electron chi connectivity index (χ3n) is 5.48. The lowest BCUT2D eigenvalue weighted by Gasteiger charge is -2.37. The van der Waals surface area contributed by atoms with Crippen LogP contribution in [0, 0.1) is 0 Å². The van der Waals surface area contributed by atoms with Gasteiger partial charge in [0.05, 0.1) is 18.3 Å². The molecule has 2 aromatic carbocycles. The molecule has 1 aliphatic rings. The number of piperazine rings is 1. The Bertz CT molecular complexity index is 1160. The summed E-state index contributed by atoms with van der Waals surface area (Å²) in [5.74, 6) is 2.55. The van der Waals surface area contributed by atoms with Crippen molar-refractivity contribution in [2.75, 3.05) is 43.1 Å². The molecule has 0 unspecified atom stereocenters. The zero-order chi connectivity index (χ0) is 20.3. The Morgan fingerprint density at radius 3 is 2.30 bits per heavy atom. The van der Waals surface area contributed by atoms with Crippen LogP contribution in [0.5, 0.6) is 5.75 Å². The summed E-state index contributed by atoms with van der Waals surface area (Å²) >= 11 is 0. The van der Waals surface area contributed by atoms with Crippen LogP contribution in [0.15, 0.2) is 72.9 Å². The van der Waals surface area contributed by atoms with E-state index in [1.165, 1.54) is 0 Å². The van der Waals surface area contributed by atoms with Crippen molar-refractivity contribution in [1.82, 2.24) is 15.0 Å². The van der Waals surface area contributed by atoms with E-state index in [1.54, 1.807) is 13.3 Å². The number of aromatic nitrogens is 3. The molecule has 5 rings (SSSR count). The Morgan fingerprint density at radius 1 is 0.767 bits per heavy atom. The molecule has 2 aromatic heterocycles. The number of pyridine rings is 1. The van der Waals surface area contributed by atoms with E-state index < -0.39 is 0 Å². The van der Waals surface area contributed by atoms with Crippen LogP contribution in [0.3, 0.4) is 0 Å². The molecule has 0 saturated carbocycles. The predicted molar refractivity (Wildman–Crippen MR) is 120 cm³/mol. The molecule has 0 radical (unpaired) electrons. The van der Waals surface area contributed by atoms with Crippen molar-refractivity contribution in [1.29, 1.82) is 0 Å². The second-order valence-electron chi connectivity index (χ2n) is 7.25. The summed E-state index contributed by atoms with van der Waals surface area (Å²) in [4.78, 5) is 18.9. The number of hydrogen-bond donors (Lipinski definition) is 0. The molecule has 150 valence electrons. The maximum Gasteiger partial charge on any atom is 0.180 e. The van der Waals surface area contributed by atoms with Crippen molar-refractivity contribution in [3.63, 3.8) is 0 Å². The van der Waals surface area contributed by atoms with Gasteiger partial charge < -0.3 is 14.5 Å². The average Bonchev–Trinajstić information content (AvgIpc) is 2.84. The number of ether oxygens (including phenoxy) is 1. The van der Waals surface area contributed by atoms with Crippen molar-refractivity contribution in [2.24, 2.45) is 0 Å². The van der Waals surface area contributed by atoms with Crippen molar-refractivity contribution >= 4 is 22.4 Å². The van der Waals surface area contributed by atoms with E-state index in [0.717, 1.165) is 60.0 Å². The van der Waals surface area contributed by atoms with E-state index in [2.05, 4.69) is 33.0 Å². The molecule has 3 heterocycles. The van der Waals surface area contributed by atoms with E-state index in [9.17, 15) is 0 Å². The van der Waals surface area contributed by atoms with Crippen LogP contribution in [0.4, 0.5) is 11.5 Å². The van der Waals surface area contributed by atoms with E-state index in [-0.39, 0.29) is 0 Å². The average molecular weight is 397 g/mol. The molecular weight excluding hydrogens is 374 g/mol. The number of methoxy groups -OCH3 is 1. The third kappa shape index (κ3) is 3.41. The summed E-state index contributed by atoms with van der Waals surface area (Å²) < 4.78 is 5.55. The number of nitrogens with zero attached hydrogens (tertiary/aromatic N) is 5. The van der Waals surface area contributed by atoms with Crippen LogP contribution in [-0.2, 0) is 0 Å². The largest absolute Gasteiger partial charge is 0.495 e. The number of fused-ring (bicyclic) bond motifs is 1. The highest BCUT2D eigenvalue weighted by molar-refractivity contribution is 5.91. The maximum absolute atomic E-state index is 5.55. The first kappa shape index (κ1) is 18.4. The smallest absolute Gasteiger partial charge is 0.180 e. The van der Waals surface area contributed by atoms with Gasteiger partial charge in [0.1, 0.15) is 17.3 Å². The van der Waals surface area contributed by atoms with Gasteiger partial charge in [-0.1, -0.05) is 30.3 Å². The molecule has 30 heavy (non-hydrogen) atoms. The number of hydrogen-bond acceptors (Lipinski definition) is 6. The molecule has 6 heteroatoms. The fourth-order valence-electron chi connectivity index (χ4n) is 3.96. The monoisotopic (exact) mass is 397 g/mol. The molecule has 0 aliphatic carbocycles. The first-order valence-corrected chi connectivity index (χ1v) is 10.1. The van der Waals surface area contributed by atoms with Gasteiger partial charge in [-0.05, 0) is 36.4 Å². The Morgan fingerprint density at radius 2 is 1.50 bits per heavy atom. The normalized spacial score (nSPS) is 14.2. The molecule has 4 aromatic rings. The fraction of sp³-hybridized carbons (Fsp3) is 0.208. The SMILES string of the molecule is COc1ccccc1N1CCN(c2nc(-c3ccccn3)nc3ccccc23)CC1. The molecule has 0 atom stereocenters. The second-order valence-corrected chi connectivity index (χ2v) is 7.25. The molecule has 1 aliphatic heterocycles. The predicted octanol–water partition coefficient (Wildman–Crippen LogP) is 4.03. The molecule has 0 N–H and O–H groups in total. The first-order valence-electron chi connectivity index (χ1n) is 10.1. The zero-order valence-electron chi connectivity index (χ0n) is 16.9. The quantitative estimate of drug-likeness (QED) is 0.518. The van der Waals surface area contributed by atoms with Gasteiger partial charge in [-0.15, -0.1) is 0 Å². The number of para-hydroxylation sites is 3. The Balaban J connectivity index is 1.47. The van der Waals surface area contributed by atoms with Gasteiger partial charge >= 0.3 is 0 Å². The lowest BCUT2D eigenvalue weighted by atomic mass is 10.2. The second kappa shape index (κ2) is 7.99. The summed E-state index contributed by atoms with van der Waals surface area (Å²) in [5.41, 5.74) is 2.87. The van der Waals surface area contributed by atoms with Gasteiger partial charge in [-0.3, -0.25) is 4.98 Å². The Labute approximate surface area is 175 Å². The molecule has 6 nitrogen and oxygen atoms in total. The lowest BCUT2D eigenvalue weighted by Crippen LogP contribution is -2.47. The highest BCUT2D eigenvalue weighted by atomic mass is 16.5. The Hall–Kier alpha value is -3.67. The van der Waals surface area contributed by atoms with E-state index in [4.69, 9.17) is 14.7 Å². The fourth-order valence-corrected chi connectivity index (χ4v) is 3.96. The highest BCUT2D eigenvalue weighted by Crippen LogP contribution is 2.31. The van der Waals surface area contributed by atoms with Gasteiger partial charge in [-0.25, -0.2) is 9.97 Å². The minimum absolute atomic E-state index is 0.663. The van der Waals surface area contributed by atoms with Crippen molar-refractivity contribution < 1.29 is 4.74 Å². The van der Waals surface area contributed by atoms with Crippen molar-refractivity contribution in [2.45, 2.75) is 0 Å². The summed E-state index contributed by atoms with van der Waals surface area (Å²) in [6.07, 6.45) is 1.78. The van der Waals surface area contributed by atoms with Crippen molar-refractivity contribution in [3.05, 3.63) is 72.9 Å². The van der Waals surface area contributed by atoms with Gasteiger partial charge in [0.15, 0.2) is 5.82 Å².